The summed E-state index contributed by atoms with van der Waals surface area (Å²) in [7, 11) is 0. The second-order valence-electron chi connectivity index (χ2n) is 7.80. The molecule has 0 bridgehead atoms. The van der Waals surface area contributed by atoms with Gasteiger partial charge in [0.25, 0.3) is 0 Å². The SMILES string of the molecule is CCCCCCC[C@@H]1C[C-]1CCCC.O=[C-]c1ccccc1.O=[C-]c1ccccc1.[Li+].[Zn+2]. The van der Waals surface area contributed by atoms with Crippen LogP contribution in [0.4, 0.5) is 0 Å². The van der Waals surface area contributed by atoms with Gasteiger partial charge in [0.05, 0.1) is 12.6 Å². The first kappa shape index (κ1) is 33.2. The summed E-state index contributed by atoms with van der Waals surface area (Å²) in [6, 6.07) is 17.8. The van der Waals surface area contributed by atoms with E-state index < -0.39 is 0 Å². The second-order valence-corrected chi connectivity index (χ2v) is 7.80. The van der Waals surface area contributed by atoms with Gasteiger partial charge < -0.3 is 15.5 Å². The van der Waals surface area contributed by atoms with Crippen LogP contribution in [0.3, 0.4) is 0 Å². The fourth-order valence-corrected chi connectivity index (χ4v) is 3.28. The predicted molar refractivity (Wildman–Crippen MR) is 127 cm³/mol. The molecule has 3 rings (SSSR count). The second kappa shape index (κ2) is 23.2. The number of benzene rings is 2. The van der Waals surface area contributed by atoms with E-state index in [9.17, 15) is 9.59 Å². The molecule has 0 N–H and O–H groups in total. The third kappa shape index (κ3) is 17.5. The maximum absolute atomic E-state index is 9.88. The molecule has 164 valence electrons. The largest absolute Gasteiger partial charge is 2.00 e. The number of hydrogen-bond acceptors (Lipinski definition) is 2. The third-order valence-corrected chi connectivity index (χ3v) is 5.22. The molecule has 0 aromatic heterocycles. The van der Waals surface area contributed by atoms with Crippen molar-refractivity contribution in [3.8, 4) is 0 Å². The van der Waals surface area contributed by atoms with Gasteiger partial charge in [0.1, 0.15) is 0 Å². The summed E-state index contributed by atoms with van der Waals surface area (Å²) in [5.41, 5.74) is 1.21. The van der Waals surface area contributed by atoms with Gasteiger partial charge in [-0.1, -0.05) is 77.3 Å². The average molecular weight is 478 g/mol. The Morgan fingerprint density at radius 2 is 1.22 bits per heavy atom. The quantitative estimate of drug-likeness (QED) is 0.273. The molecule has 32 heavy (non-hydrogen) atoms. The molecule has 2 nitrogen and oxygen atoms in total. The summed E-state index contributed by atoms with van der Waals surface area (Å²) >= 11 is 0. The van der Waals surface area contributed by atoms with Crippen LogP contribution in [0, 0.1) is 11.8 Å². The van der Waals surface area contributed by atoms with Crippen molar-refractivity contribution in [2.75, 3.05) is 0 Å². The first-order chi connectivity index (χ1) is 14.7. The van der Waals surface area contributed by atoms with E-state index in [2.05, 4.69) is 13.8 Å². The van der Waals surface area contributed by atoms with E-state index in [-0.39, 0.29) is 38.3 Å². The summed E-state index contributed by atoms with van der Waals surface area (Å²) < 4.78 is 0. The van der Waals surface area contributed by atoms with Gasteiger partial charge in [0.15, 0.2) is 0 Å². The summed E-state index contributed by atoms with van der Waals surface area (Å²) in [5.74, 6) is 2.95. The Kier molecular flexibility index (Phi) is 24.0. The van der Waals surface area contributed by atoms with Crippen molar-refractivity contribution < 1.29 is 47.9 Å². The minimum atomic E-state index is 0. The topological polar surface area (TPSA) is 34.1 Å². The number of carbonyl (C=O) groups excluding carboxylic acids is 2. The molecule has 2 aromatic rings. The zero-order chi connectivity index (χ0) is 21.9. The van der Waals surface area contributed by atoms with Crippen molar-refractivity contribution in [2.45, 2.75) is 78.1 Å². The minimum absolute atomic E-state index is 0. The van der Waals surface area contributed by atoms with E-state index >= 15 is 0 Å². The molecule has 0 aliphatic heterocycles. The molecule has 1 aliphatic carbocycles. The predicted octanol–water partition coefficient (Wildman–Crippen LogP) is 4.42. The third-order valence-electron chi connectivity index (χ3n) is 5.22. The van der Waals surface area contributed by atoms with Crippen molar-refractivity contribution in [2.24, 2.45) is 5.92 Å². The van der Waals surface area contributed by atoms with Gasteiger partial charge in [-0.05, 0) is 0 Å². The van der Waals surface area contributed by atoms with Crippen LogP contribution in [0.15, 0.2) is 60.7 Å². The van der Waals surface area contributed by atoms with Gasteiger partial charge in [-0.2, -0.15) is 47.7 Å². The van der Waals surface area contributed by atoms with Crippen LogP contribution in [0.2, 0.25) is 0 Å². The monoisotopic (exact) mass is 476 g/mol. The molecule has 0 saturated heterocycles. The Morgan fingerprint density at radius 1 is 0.750 bits per heavy atom. The van der Waals surface area contributed by atoms with Crippen LogP contribution in [-0.2, 0) is 29.1 Å². The minimum Gasteiger partial charge on any atom is -0.376 e. The van der Waals surface area contributed by atoms with Crippen molar-refractivity contribution in [1.82, 2.24) is 0 Å². The van der Waals surface area contributed by atoms with Gasteiger partial charge in [-0.3, -0.25) is 0 Å². The molecule has 2 aromatic carbocycles. The standard InChI is InChI=1S/C14H27.2C7H5O.Li.Zn/c1-3-5-7-8-9-11-14-12-13(14)10-6-4-2;2*8-6-7-4-2-1-3-5-7;;/h14H,3-12H2,1-2H3;2*1-5H;;/q3*-1;+1;+2/t14-;;;;/m1..../s1. The van der Waals surface area contributed by atoms with E-state index in [1.807, 2.05) is 18.1 Å². The number of rotatable bonds is 11. The summed E-state index contributed by atoms with van der Waals surface area (Å²) in [4.78, 5) is 19.8. The molecule has 0 amide bonds. The van der Waals surface area contributed by atoms with Crippen molar-refractivity contribution in [3.05, 3.63) is 77.7 Å². The zero-order valence-corrected chi connectivity index (χ0v) is 23.4. The molecule has 0 spiro atoms. The molecule has 0 unspecified atom stereocenters. The van der Waals surface area contributed by atoms with Crippen molar-refractivity contribution >= 4 is 12.6 Å². The summed E-state index contributed by atoms with van der Waals surface area (Å²) in [6.45, 7) is 4.58. The normalized spacial score (nSPS) is 13.6. The molecular formula is C28H37LiO2Zn. The fraction of sp³-hybridized carbons (Fsp3) is 0.464. The van der Waals surface area contributed by atoms with Gasteiger partial charge in [-0.15, -0.1) is 24.3 Å². The van der Waals surface area contributed by atoms with E-state index in [0.717, 1.165) is 5.92 Å². The maximum Gasteiger partial charge on any atom is 2.00 e. The molecule has 1 aliphatic rings. The van der Waals surface area contributed by atoms with Crippen LogP contribution in [0.25, 0.3) is 0 Å². The van der Waals surface area contributed by atoms with E-state index in [1.165, 1.54) is 64.2 Å². The Hall–Kier alpha value is -0.999. The van der Waals surface area contributed by atoms with Crippen LogP contribution < -0.4 is 18.9 Å². The number of unbranched alkanes of at least 4 members (excludes halogenated alkanes) is 5. The molecule has 0 radical (unpaired) electrons. The Bertz CT molecular complexity index is 620. The molecule has 0 heterocycles. The molecule has 4 heteroatoms. The van der Waals surface area contributed by atoms with Crippen LogP contribution in [-0.4, -0.2) is 12.6 Å². The van der Waals surface area contributed by atoms with Gasteiger partial charge in [0.2, 0.25) is 0 Å². The Labute approximate surface area is 221 Å². The van der Waals surface area contributed by atoms with Gasteiger partial charge in [-0.25, -0.2) is 6.42 Å². The van der Waals surface area contributed by atoms with Crippen molar-refractivity contribution in [1.29, 1.82) is 0 Å². The Balaban J connectivity index is 0. The van der Waals surface area contributed by atoms with Crippen LogP contribution in [0.1, 0.15) is 89.2 Å². The van der Waals surface area contributed by atoms with E-state index in [0.29, 0.717) is 11.1 Å². The molecular weight excluding hydrogens is 441 g/mol. The summed E-state index contributed by atoms with van der Waals surface area (Å²) in [6.07, 6.45) is 18.0. The van der Waals surface area contributed by atoms with Crippen LogP contribution >= 0.6 is 0 Å². The van der Waals surface area contributed by atoms with Gasteiger partial charge >= 0.3 is 38.3 Å². The van der Waals surface area contributed by atoms with Gasteiger partial charge in [0, 0.05) is 0 Å². The zero-order valence-electron chi connectivity index (χ0n) is 20.4. The smallest absolute Gasteiger partial charge is 0.376 e. The van der Waals surface area contributed by atoms with E-state index in [4.69, 9.17) is 0 Å². The van der Waals surface area contributed by atoms with Crippen LogP contribution in [0.5, 0.6) is 0 Å². The number of hydrogen-bond donors (Lipinski definition) is 0. The average Bonchev–Trinajstić information content (AvgIpc) is 3.57. The first-order valence-electron chi connectivity index (χ1n) is 11.5. The van der Waals surface area contributed by atoms with Crippen molar-refractivity contribution in [3.63, 3.8) is 0 Å². The summed E-state index contributed by atoms with van der Waals surface area (Å²) in [5, 5.41) is 0. The molecule has 1 saturated carbocycles. The first-order valence-corrected chi connectivity index (χ1v) is 11.5. The Morgan fingerprint density at radius 3 is 1.62 bits per heavy atom. The molecule has 1 fully saturated rings. The maximum atomic E-state index is 9.88. The van der Waals surface area contributed by atoms with E-state index in [1.54, 1.807) is 61.1 Å². The fourth-order valence-electron chi connectivity index (χ4n) is 3.28. The molecule has 1 atom stereocenters.